The van der Waals surface area contributed by atoms with E-state index >= 15 is 0 Å². The summed E-state index contributed by atoms with van der Waals surface area (Å²) in [5.41, 5.74) is 0.586. The van der Waals surface area contributed by atoms with Crippen LogP contribution in [0, 0.1) is 0 Å². The maximum absolute atomic E-state index is 12.9. The van der Waals surface area contributed by atoms with Gasteiger partial charge in [-0.05, 0) is 74.6 Å². The first kappa shape index (κ1) is 27.9. The van der Waals surface area contributed by atoms with E-state index in [-0.39, 0.29) is 24.1 Å². The third-order valence-electron chi connectivity index (χ3n) is 7.89. The number of alkyl halides is 3. The number of hydrogen-bond donors (Lipinski definition) is 4. The van der Waals surface area contributed by atoms with Gasteiger partial charge in [-0.25, -0.2) is 0 Å². The van der Waals surface area contributed by atoms with Crippen molar-refractivity contribution in [1.29, 1.82) is 0 Å². The fourth-order valence-electron chi connectivity index (χ4n) is 5.65. The standard InChI is InChI=1S/C29H32F3N5O3/c30-29(31,32)21-4-1-3-19(15-21)27(39)35-17-26(38)36-22-10-14-37(18-22)23-8-11-28(40,12-9-23)25-7-6-20(16-34-25)24-5-2-13-33-24/h1-7,13,15-16,22-23,33,40H,8-12,14,17-18H2,(H,35,39)(H,36,38)/t22-,23?,28?/m1/s1. The number of nitrogens with zero attached hydrogens (tertiary/aromatic N) is 2. The lowest BCUT2D eigenvalue weighted by Crippen LogP contribution is -2.45. The zero-order valence-electron chi connectivity index (χ0n) is 21.9. The first-order chi connectivity index (χ1) is 19.1. The van der Waals surface area contributed by atoms with Gasteiger partial charge in [0.15, 0.2) is 0 Å². The van der Waals surface area contributed by atoms with Gasteiger partial charge in [-0.1, -0.05) is 6.07 Å². The second-order valence-electron chi connectivity index (χ2n) is 10.6. The van der Waals surface area contributed by atoms with E-state index in [9.17, 15) is 27.9 Å². The van der Waals surface area contributed by atoms with Crippen molar-refractivity contribution >= 4 is 11.8 Å². The summed E-state index contributed by atoms with van der Waals surface area (Å²) in [5.74, 6) is -1.13. The number of halogens is 3. The van der Waals surface area contributed by atoms with Crippen LogP contribution < -0.4 is 10.6 Å². The van der Waals surface area contributed by atoms with E-state index in [0.717, 1.165) is 55.3 Å². The highest BCUT2D eigenvalue weighted by atomic mass is 19.4. The molecule has 0 spiro atoms. The van der Waals surface area contributed by atoms with Crippen molar-refractivity contribution in [2.45, 2.75) is 56.0 Å². The molecule has 2 fully saturated rings. The lowest BCUT2D eigenvalue weighted by atomic mass is 9.79. The Balaban J connectivity index is 1.06. The minimum absolute atomic E-state index is 0.0824. The van der Waals surface area contributed by atoms with Crippen molar-refractivity contribution in [2.24, 2.45) is 0 Å². The average molecular weight is 556 g/mol. The molecule has 5 rings (SSSR count). The number of likely N-dealkylation sites (tertiary alicyclic amines) is 1. The Labute approximate surface area is 230 Å². The first-order valence-electron chi connectivity index (χ1n) is 13.4. The maximum Gasteiger partial charge on any atom is 0.416 e. The molecule has 4 N–H and O–H groups in total. The largest absolute Gasteiger partial charge is 0.416 e. The van der Waals surface area contributed by atoms with Gasteiger partial charge < -0.3 is 20.7 Å². The molecule has 0 unspecified atom stereocenters. The molecule has 3 aromatic rings. The summed E-state index contributed by atoms with van der Waals surface area (Å²) in [4.78, 5) is 34.7. The van der Waals surface area contributed by atoms with Gasteiger partial charge in [0, 0.05) is 54.4 Å². The minimum Gasteiger partial charge on any atom is -0.384 e. The number of amides is 2. The molecule has 1 aliphatic heterocycles. The Kier molecular flexibility index (Phi) is 7.95. The van der Waals surface area contributed by atoms with E-state index in [1.807, 2.05) is 30.5 Å². The summed E-state index contributed by atoms with van der Waals surface area (Å²) in [5, 5.41) is 16.6. The lowest BCUT2D eigenvalue weighted by molar-refractivity contribution is -0.137. The molecule has 1 aromatic carbocycles. The summed E-state index contributed by atoms with van der Waals surface area (Å²) in [6.45, 7) is 1.16. The van der Waals surface area contributed by atoms with Crippen molar-refractivity contribution in [1.82, 2.24) is 25.5 Å². The molecule has 0 radical (unpaired) electrons. The van der Waals surface area contributed by atoms with Crippen molar-refractivity contribution in [3.63, 3.8) is 0 Å². The first-order valence-corrected chi connectivity index (χ1v) is 13.4. The number of carbonyl (C=O) groups excluding carboxylic acids is 2. The van der Waals surface area contributed by atoms with Crippen LogP contribution in [0.2, 0.25) is 0 Å². The van der Waals surface area contributed by atoms with Crippen LogP contribution in [0.5, 0.6) is 0 Å². The third-order valence-corrected chi connectivity index (χ3v) is 7.89. The fraction of sp³-hybridized carbons (Fsp3) is 0.414. The van der Waals surface area contributed by atoms with Crippen molar-refractivity contribution in [3.05, 3.63) is 77.7 Å². The molecule has 8 nitrogen and oxygen atoms in total. The van der Waals surface area contributed by atoms with Gasteiger partial charge in [0.1, 0.15) is 5.60 Å². The van der Waals surface area contributed by atoms with Gasteiger partial charge in [0.2, 0.25) is 5.91 Å². The fourth-order valence-corrected chi connectivity index (χ4v) is 5.65. The number of aromatic nitrogens is 2. The van der Waals surface area contributed by atoms with Crippen LogP contribution in [-0.2, 0) is 16.6 Å². The molecule has 11 heteroatoms. The van der Waals surface area contributed by atoms with Crippen molar-refractivity contribution < 1.29 is 27.9 Å². The number of hydrogen-bond acceptors (Lipinski definition) is 5. The monoisotopic (exact) mass is 555 g/mol. The molecule has 3 heterocycles. The van der Waals surface area contributed by atoms with E-state index in [4.69, 9.17) is 0 Å². The second kappa shape index (κ2) is 11.4. The maximum atomic E-state index is 12.9. The predicted molar refractivity (Wildman–Crippen MR) is 142 cm³/mol. The number of aromatic amines is 1. The van der Waals surface area contributed by atoms with Crippen LogP contribution in [0.3, 0.4) is 0 Å². The number of aliphatic hydroxyl groups is 1. The number of H-pyrrole nitrogens is 1. The van der Waals surface area contributed by atoms with Crippen molar-refractivity contribution in [3.8, 4) is 11.3 Å². The van der Waals surface area contributed by atoms with Crippen LogP contribution >= 0.6 is 0 Å². The number of pyridine rings is 1. The molecular formula is C29H32F3N5O3. The number of nitrogens with one attached hydrogen (secondary N) is 3. The van der Waals surface area contributed by atoms with Crippen LogP contribution in [0.1, 0.15) is 53.7 Å². The average Bonchev–Trinajstić information content (AvgIpc) is 3.65. The van der Waals surface area contributed by atoms with Crippen LogP contribution in [-0.4, -0.2) is 63.5 Å². The molecule has 1 atom stereocenters. The van der Waals surface area contributed by atoms with Crippen molar-refractivity contribution in [2.75, 3.05) is 19.6 Å². The highest BCUT2D eigenvalue weighted by Gasteiger charge is 2.39. The van der Waals surface area contributed by atoms with Crippen LogP contribution in [0.4, 0.5) is 13.2 Å². The zero-order chi connectivity index (χ0) is 28.3. The number of benzene rings is 1. The van der Waals surface area contributed by atoms with E-state index < -0.39 is 23.2 Å². The lowest BCUT2D eigenvalue weighted by Gasteiger charge is -2.39. The predicted octanol–water partition coefficient (Wildman–Crippen LogP) is 3.85. The van der Waals surface area contributed by atoms with Gasteiger partial charge in [-0.15, -0.1) is 0 Å². The molecule has 2 amide bonds. The zero-order valence-corrected chi connectivity index (χ0v) is 21.9. The number of carbonyl (C=O) groups is 2. The molecule has 2 aromatic heterocycles. The molecule has 0 bridgehead atoms. The highest BCUT2D eigenvalue weighted by molar-refractivity contribution is 5.96. The number of rotatable bonds is 7. The van der Waals surface area contributed by atoms with Gasteiger partial charge >= 0.3 is 6.18 Å². The summed E-state index contributed by atoms with van der Waals surface area (Å²) in [6, 6.07) is 12.1. The van der Waals surface area contributed by atoms with E-state index in [1.165, 1.54) is 6.07 Å². The van der Waals surface area contributed by atoms with Crippen LogP contribution in [0.25, 0.3) is 11.3 Å². The Hall–Kier alpha value is -3.70. The Bertz CT molecular complexity index is 1320. The normalized spacial score (nSPS) is 23.6. The van der Waals surface area contributed by atoms with E-state index in [0.29, 0.717) is 31.1 Å². The van der Waals surface area contributed by atoms with Gasteiger partial charge in [0.25, 0.3) is 5.91 Å². The minimum atomic E-state index is -4.55. The summed E-state index contributed by atoms with van der Waals surface area (Å²) in [7, 11) is 0. The van der Waals surface area contributed by atoms with Crippen LogP contribution in [0.15, 0.2) is 60.9 Å². The summed E-state index contributed by atoms with van der Waals surface area (Å²) < 4.78 is 38.7. The topological polar surface area (TPSA) is 110 Å². The SMILES string of the molecule is O=C(CNC(=O)c1cccc(C(F)(F)F)c1)N[C@@H]1CCN(C2CCC(O)(c3ccc(-c4ccc[nH]4)cn3)CC2)C1. The van der Waals surface area contributed by atoms with E-state index in [2.05, 4.69) is 25.5 Å². The molecule has 40 heavy (non-hydrogen) atoms. The summed E-state index contributed by atoms with van der Waals surface area (Å²) >= 11 is 0. The van der Waals surface area contributed by atoms with Gasteiger partial charge in [0.05, 0.1) is 17.8 Å². The van der Waals surface area contributed by atoms with Gasteiger partial charge in [-0.3, -0.25) is 19.5 Å². The van der Waals surface area contributed by atoms with E-state index in [1.54, 1.807) is 6.20 Å². The van der Waals surface area contributed by atoms with Gasteiger partial charge in [-0.2, -0.15) is 13.2 Å². The Morgan fingerprint density at radius 1 is 1.10 bits per heavy atom. The molecule has 1 aliphatic carbocycles. The molecule has 1 saturated carbocycles. The third kappa shape index (κ3) is 6.37. The molecule has 2 aliphatic rings. The molecule has 1 saturated heterocycles. The second-order valence-corrected chi connectivity index (χ2v) is 10.6. The highest BCUT2D eigenvalue weighted by Crippen LogP contribution is 2.39. The quantitative estimate of drug-likeness (QED) is 0.354. The summed E-state index contributed by atoms with van der Waals surface area (Å²) in [6.07, 6.45) is 2.66. The smallest absolute Gasteiger partial charge is 0.384 e. The Morgan fingerprint density at radius 2 is 1.90 bits per heavy atom. The molecule has 212 valence electrons. The molecular weight excluding hydrogens is 523 g/mol. The Morgan fingerprint density at radius 3 is 2.58 bits per heavy atom.